The number of aliphatic hydroxyl groups excluding tert-OH is 1. The van der Waals surface area contributed by atoms with Crippen LogP contribution in [0.15, 0.2) is 27.3 Å². The quantitative estimate of drug-likeness (QED) is 0.797. The van der Waals surface area contributed by atoms with Gasteiger partial charge in [0.1, 0.15) is 11.9 Å². The van der Waals surface area contributed by atoms with Gasteiger partial charge in [-0.1, -0.05) is 5.16 Å². The normalized spacial score (nSPS) is 13.0. The molecular formula is C9H10N2O3. The highest BCUT2D eigenvalue weighted by atomic mass is 16.5. The van der Waals surface area contributed by atoms with Crippen LogP contribution in [-0.4, -0.2) is 15.2 Å². The maximum Gasteiger partial charge on any atom is 0.255 e. The molecule has 0 bridgehead atoms. The minimum Gasteiger partial charge on any atom is -0.469 e. The fraction of sp³-hybridized carbons (Fsp3) is 0.333. The van der Waals surface area contributed by atoms with E-state index in [0.717, 1.165) is 5.76 Å². The number of aromatic nitrogens is 2. The first-order valence-corrected chi connectivity index (χ1v) is 4.28. The molecule has 1 unspecified atom stereocenters. The van der Waals surface area contributed by atoms with Crippen molar-refractivity contribution in [3.8, 4) is 0 Å². The van der Waals surface area contributed by atoms with E-state index in [1.807, 2.05) is 6.07 Å². The van der Waals surface area contributed by atoms with Gasteiger partial charge in [0.15, 0.2) is 5.82 Å². The van der Waals surface area contributed by atoms with E-state index in [1.165, 1.54) is 0 Å². The van der Waals surface area contributed by atoms with E-state index in [9.17, 15) is 0 Å². The van der Waals surface area contributed by atoms with E-state index in [1.54, 1.807) is 19.3 Å². The van der Waals surface area contributed by atoms with Crippen molar-refractivity contribution >= 4 is 0 Å². The molecule has 5 nitrogen and oxygen atoms in total. The summed E-state index contributed by atoms with van der Waals surface area (Å²) >= 11 is 0. The first kappa shape index (κ1) is 8.96. The fourth-order valence-electron chi connectivity index (χ4n) is 1.08. The molecule has 0 spiro atoms. The number of nitrogens with zero attached hydrogens (tertiary/aromatic N) is 2. The zero-order chi connectivity index (χ0) is 9.97. The Morgan fingerprint density at radius 3 is 3.00 bits per heavy atom. The maximum atomic E-state index is 9.14. The second-order valence-corrected chi connectivity index (χ2v) is 2.98. The Bertz CT molecular complexity index is 392. The second-order valence-electron chi connectivity index (χ2n) is 2.98. The molecule has 2 rings (SSSR count). The lowest BCUT2D eigenvalue weighted by molar-refractivity contribution is 0.151. The summed E-state index contributed by atoms with van der Waals surface area (Å²) in [7, 11) is 0. The van der Waals surface area contributed by atoms with Crippen LogP contribution in [0.25, 0.3) is 0 Å². The minimum absolute atomic E-state index is 0.228. The van der Waals surface area contributed by atoms with Crippen LogP contribution in [0.1, 0.15) is 30.5 Å². The SMILES string of the molecule is CC(O)c1nc(Cc2ccco2)no1. The van der Waals surface area contributed by atoms with Crippen LogP contribution in [0.4, 0.5) is 0 Å². The number of aliphatic hydroxyl groups is 1. The molecule has 0 aliphatic heterocycles. The number of rotatable bonds is 3. The zero-order valence-electron chi connectivity index (χ0n) is 7.67. The van der Waals surface area contributed by atoms with Crippen molar-refractivity contribution < 1.29 is 14.0 Å². The molecule has 0 saturated heterocycles. The zero-order valence-corrected chi connectivity index (χ0v) is 7.67. The number of hydrogen-bond donors (Lipinski definition) is 1. The predicted octanol–water partition coefficient (Wildman–Crippen LogP) is 1.31. The Labute approximate surface area is 80.4 Å². The van der Waals surface area contributed by atoms with Gasteiger partial charge in [0, 0.05) is 0 Å². The van der Waals surface area contributed by atoms with Crippen LogP contribution in [0.3, 0.4) is 0 Å². The highest BCUT2D eigenvalue weighted by molar-refractivity contribution is 5.05. The first-order valence-electron chi connectivity index (χ1n) is 4.28. The van der Waals surface area contributed by atoms with E-state index < -0.39 is 6.10 Å². The molecule has 0 saturated carbocycles. The summed E-state index contributed by atoms with van der Waals surface area (Å²) in [6.45, 7) is 1.57. The molecule has 0 aromatic carbocycles. The number of furan rings is 1. The molecule has 14 heavy (non-hydrogen) atoms. The van der Waals surface area contributed by atoms with Crippen molar-refractivity contribution in [1.82, 2.24) is 10.1 Å². The molecule has 0 aliphatic carbocycles. The lowest BCUT2D eigenvalue weighted by atomic mass is 10.3. The van der Waals surface area contributed by atoms with Gasteiger partial charge in [-0.3, -0.25) is 0 Å². The summed E-state index contributed by atoms with van der Waals surface area (Å²) in [4.78, 5) is 4.00. The third-order valence-electron chi connectivity index (χ3n) is 1.75. The van der Waals surface area contributed by atoms with E-state index >= 15 is 0 Å². The first-order chi connectivity index (χ1) is 6.75. The Balaban J connectivity index is 2.11. The molecular weight excluding hydrogens is 184 g/mol. The highest BCUT2D eigenvalue weighted by Crippen LogP contribution is 2.11. The molecule has 0 fully saturated rings. The van der Waals surface area contributed by atoms with Gasteiger partial charge in [-0.25, -0.2) is 0 Å². The maximum absolute atomic E-state index is 9.14. The topological polar surface area (TPSA) is 72.3 Å². The van der Waals surface area contributed by atoms with Crippen molar-refractivity contribution in [3.05, 3.63) is 35.9 Å². The molecule has 1 N–H and O–H groups in total. The lowest BCUT2D eigenvalue weighted by Crippen LogP contribution is -1.92. The van der Waals surface area contributed by atoms with Crippen LogP contribution >= 0.6 is 0 Å². The second kappa shape index (κ2) is 3.63. The third-order valence-corrected chi connectivity index (χ3v) is 1.75. The summed E-state index contributed by atoms with van der Waals surface area (Å²) in [6, 6.07) is 3.63. The molecule has 2 heterocycles. The van der Waals surface area contributed by atoms with E-state index in [4.69, 9.17) is 14.0 Å². The van der Waals surface area contributed by atoms with Gasteiger partial charge in [-0.2, -0.15) is 4.98 Å². The number of hydrogen-bond acceptors (Lipinski definition) is 5. The largest absolute Gasteiger partial charge is 0.469 e. The van der Waals surface area contributed by atoms with Crippen LogP contribution in [0, 0.1) is 0 Å². The molecule has 2 aromatic heterocycles. The summed E-state index contributed by atoms with van der Waals surface area (Å²) in [6.07, 6.45) is 1.33. The average molecular weight is 194 g/mol. The lowest BCUT2D eigenvalue weighted by Gasteiger charge is -1.91. The summed E-state index contributed by atoms with van der Waals surface area (Å²) in [5, 5.41) is 12.8. The summed E-state index contributed by atoms with van der Waals surface area (Å²) < 4.78 is 9.95. The van der Waals surface area contributed by atoms with Crippen LogP contribution in [0.2, 0.25) is 0 Å². The van der Waals surface area contributed by atoms with E-state index in [0.29, 0.717) is 12.2 Å². The Morgan fingerprint density at radius 2 is 2.43 bits per heavy atom. The van der Waals surface area contributed by atoms with Gasteiger partial charge in [0.25, 0.3) is 5.89 Å². The molecule has 1 atom stereocenters. The summed E-state index contributed by atoms with van der Waals surface area (Å²) in [5.41, 5.74) is 0. The summed E-state index contributed by atoms with van der Waals surface area (Å²) in [5.74, 6) is 1.50. The molecule has 2 aromatic rings. The highest BCUT2D eigenvalue weighted by Gasteiger charge is 2.11. The van der Waals surface area contributed by atoms with Gasteiger partial charge < -0.3 is 14.0 Å². The Morgan fingerprint density at radius 1 is 1.57 bits per heavy atom. The van der Waals surface area contributed by atoms with Crippen molar-refractivity contribution in [2.24, 2.45) is 0 Å². The van der Waals surface area contributed by atoms with Gasteiger partial charge >= 0.3 is 0 Å². The average Bonchev–Trinajstić information content (AvgIpc) is 2.75. The molecule has 0 aliphatic rings. The Hall–Kier alpha value is -1.62. The molecule has 74 valence electrons. The molecule has 5 heteroatoms. The smallest absolute Gasteiger partial charge is 0.255 e. The van der Waals surface area contributed by atoms with Gasteiger partial charge in [0.05, 0.1) is 12.7 Å². The fourth-order valence-corrected chi connectivity index (χ4v) is 1.08. The van der Waals surface area contributed by atoms with E-state index in [-0.39, 0.29) is 5.89 Å². The standard InChI is InChI=1S/C9H10N2O3/c1-6(12)9-10-8(11-14-9)5-7-3-2-4-13-7/h2-4,6,12H,5H2,1H3. The van der Waals surface area contributed by atoms with Crippen LogP contribution in [0.5, 0.6) is 0 Å². The van der Waals surface area contributed by atoms with Crippen LogP contribution in [-0.2, 0) is 6.42 Å². The van der Waals surface area contributed by atoms with Gasteiger partial charge in [-0.05, 0) is 19.1 Å². The van der Waals surface area contributed by atoms with Gasteiger partial charge in [-0.15, -0.1) is 0 Å². The third kappa shape index (κ3) is 1.82. The predicted molar refractivity (Wildman–Crippen MR) is 46.4 cm³/mol. The van der Waals surface area contributed by atoms with Crippen LogP contribution < -0.4 is 0 Å². The van der Waals surface area contributed by atoms with Gasteiger partial charge in [0.2, 0.25) is 0 Å². The Kier molecular flexibility index (Phi) is 2.32. The monoisotopic (exact) mass is 194 g/mol. The van der Waals surface area contributed by atoms with Crippen molar-refractivity contribution in [2.75, 3.05) is 0 Å². The minimum atomic E-state index is -0.729. The molecule has 0 radical (unpaired) electrons. The van der Waals surface area contributed by atoms with Crippen molar-refractivity contribution in [2.45, 2.75) is 19.4 Å². The van der Waals surface area contributed by atoms with Crippen molar-refractivity contribution in [3.63, 3.8) is 0 Å². The molecule has 0 amide bonds. The van der Waals surface area contributed by atoms with E-state index in [2.05, 4.69) is 10.1 Å². The van der Waals surface area contributed by atoms with Crippen molar-refractivity contribution in [1.29, 1.82) is 0 Å².